The molecule has 0 saturated heterocycles. The quantitative estimate of drug-likeness (QED) is 0.870. The van der Waals surface area contributed by atoms with Gasteiger partial charge in [-0.25, -0.2) is 0 Å². The van der Waals surface area contributed by atoms with Gasteiger partial charge in [-0.05, 0) is 31.4 Å². The highest BCUT2D eigenvalue weighted by atomic mass is 15.3. The van der Waals surface area contributed by atoms with Gasteiger partial charge in [0.1, 0.15) is 0 Å². The average molecular weight is 257 g/mol. The van der Waals surface area contributed by atoms with Crippen LogP contribution in [0.25, 0.3) is 0 Å². The first-order chi connectivity index (χ1) is 9.08. The minimum absolute atomic E-state index is 0.414. The maximum Gasteiger partial charge on any atom is 0.0539 e. The number of rotatable bonds is 5. The van der Waals surface area contributed by atoms with Crippen molar-refractivity contribution in [3.63, 3.8) is 0 Å². The van der Waals surface area contributed by atoms with E-state index >= 15 is 0 Å². The Morgan fingerprint density at radius 3 is 2.53 bits per heavy atom. The first-order valence-electron chi connectivity index (χ1n) is 6.93. The van der Waals surface area contributed by atoms with E-state index in [-0.39, 0.29) is 0 Å². The lowest BCUT2D eigenvalue weighted by Gasteiger charge is -2.13. The van der Waals surface area contributed by atoms with E-state index in [0.717, 1.165) is 6.54 Å². The van der Waals surface area contributed by atoms with Crippen LogP contribution in [-0.2, 0) is 6.54 Å². The summed E-state index contributed by atoms with van der Waals surface area (Å²) in [5.74, 6) is 0.530. The number of hydrogen-bond donors (Lipinski definition) is 1. The summed E-state index contributed by atoms with van der Waals surface area (Å²) in [5.41, 5.74) is 3.79. The van der Waals surface area contributed by atoms with Gasteiger partial charge in [0.2, 0.25) is 0 Å². The molecular formula is C16H23N3. The minimum Gasteiger partial charge on any atom is -0.381 e. The highest BCUT2D eigenvalue weighted by molar-refractivity contribution is 5.52. The molecule has 3 nitrogen and oxygen atoms in total. The van der Waals surface area contributed by atoms with Crippen LogP contribution in [0.4, 0.5) is 5.69 Å². The van der Waals surface area contributed by atoms with Gasteiger partial charge in [0.25, 0.3) is 0 Å². The summed E-state index contributed by atoms with van der Waals surface area (Å²) < 4.78 is 1.99. The predicted octanol–water partition coefficient (Wildman–Crippen LogP) is 4.20. The van der Waals surface area contributed by atoms with E-state index in [1.165, 1.54) is 16.8 Å². The maximum absolute atomic E-state index is 4.36. The van der Waals surface area contributed by atoms with Gasteiger partial charge >= 0.3 is 0 Å². The summed E-state index contributed by atoms with van der Waals surface area (Å²) in [4.78, 5) is 0. The Bertz CT molecular complexity index is 526. The number of anilines is 1. The van der Waals surface area contributed by atoms with E-state index in [1.807, 2.05) is 10.9 Å². The van der Waals surface area contributed by atoms with Gasteiger partial charge < -0.3 is 5.32 Å². The number of hydrogen-bond acceptors (Lipinski definition) is 2. The Morgan fingerprint density at radius 1 is 1.16 bits per heavy atom. The third-order valence-corrected chi connectivity index (χ3v) is 3.25. The second-order valence-electron chi connectivity index (χ2n) is 5.52. The van der Waals surface area contributed by atoms with E-state index in [2.05, 4.69) is 68.6 Å². The number of para-hydroxylation sites is 1. The van der Waals surface area contributed by atoms with Crippen LogP contribution in [-0.4, -0.2) is 9.78 Å². The first kappa shape index (κ1) is 13.7. The molecule has 0 bridgehead atoms. The number of benzene rings is 1. The van der Waals surface area contributed by atoms with Gasteiger partial charge in [-0.15, -0.1) is 0 Å². The fourth-order valence-corrected chi connectivity index (χ4v) is 2.11. The third-order valence-electron chi connectivity index (χ3n) is 3.25. The van der Waals surface area contributed by atoms with Gasteiger partial charge in [-0.1, -0.05) is 32.0 Å². The Hall–Kier alpha value is -1.77. The fraction of sp³-hybridized carbons (Fsp3) is 0.438. The molecule has 0 atom stereocenters. The first-order valence-corrected chi connectivity index (χ1v) is 6.93. The van der Waals surface area contributed by atoms with Gasteiger partial charge in [-0.3, -0.25) is 4.68 Å². The van der Waals surface area contributed by atoms with E-state index < -0.39 is 0 Å². The summed E-state index contributed by atoms with van der Waals surface area (Å²) in [7, 11) is 0. The van der Waals surface area contributed by atoms with Crippen molar-refractivity contribution in [1.82, 2.24) is 9.78 Å². The van der Waals surface area contributed by atoms with Crippen molar-refractivity contribution in [3.8, 4) is 0 Å². The van der Waals surface area contributed by atoms with Gasteiger partial charge in [0.15, 0.2) is 0 Å². The standard InChI is InChI=1S/C16H23N3/c1-12(2)15-7-5-6-8-16(15)17-9-14-10-18-19(11-14)13(3)4/h5-8,10-13,17H,9H2,1-4H3. The zero-order valence-corrected chi connectivity index (χ0v) is 12.2. The molecule has 2 aromatic rings. The van der Waals surface area contributed by atoms with Gasteiger partial charge in [-0.2, -0.15) is 5.10 Å². The lowest BCUT2D eigenvalue weighted by molar-refractivity contribution is 0.532. The minimum atomic E-state index is 0.414. The highest BCUT2D eigenvalue weighted by Gasteiger charge is 2.06. The molecule has 2 rings (SSSR count). The van der Waals surface area contributed by atoms with Crippen molar-refractivity contribution < 1.29 is 0 Å². The van der Waals surface area contributed by atoms with Crippen molar-refractivity contribution in [2.45, 2.75) is 46.2 Å². The molecule has 0 spiro atoms. The Labute approximate surface area is 115 Å². The van der Waals surface area contributed by atoms with E-state index in [4.69, 9.17) is 0 Å². The molecule has 0 aliphatic heterocycles. The van der Waals surface area contributed by atoms with Crippen molar-refractivity contribution >= 4 is 5.69 Å². The molecule has 19 heavy (non-hydrogen) atoms. The van der Waals surface area contributed by atoms with Crippen LogP contribution in [0.5, 0.6) is 0 Å². The van der Waals surface area contributed by atoms with E-state index in [9.17, 15) is 0 Å². The molecule has 0 radical (unpaired) electrons. The Balaban J connectivity index is 2.06. The molecular weight excluding hydrogens is 234 g/mol. The molecule has 1 N–H and O–H groups in total. The Morgan fingerprint density at radius 2 is 1.89 bits per heavy atom. The van der Waals surface area contributed by atoms with Crippen LogP contribution >= 0.6 is 0 Å². The summed E-state index contributed by atoms with van der Waals surface area (Å²) in [6.07, 6.45) is 4.04. The maximum atomic E-state index is 4.36. The number of aromatic nitrogens is 2. The molecule has 0 fully saturated rings. The molecule has 1 aromatic heterocycles. The van der Waals surface area contributed by atoms with Gasteiger partial charge in [0.05, 0.1) is 6.20 Å². The third kappa shape index (κ3) is 3.37. The van der Waals surface area contributed by atoms with Crippen LogP contribution in [0, 0.1) is 0 Å². The lowest BCUT2D eigenvalue weighted by atomic mass is 10.0. The summed E-state index contributed by atoms with van der Waals surface area (Å²) in [6, 6.07) is 8.91. The van der Waals surface area contributed by atoms with E-state index in [0.29, 0.717) is 12.0 Å². The number of nitrogens with one attached hydrogen (secondary N) is 1. The Kier molecular flexibility index (Phi) is 4.25. The predicted molar refractivity (Wildman–Crippen MR) is 80.5 cm³/mol. The molecule has 0 saturated carbocycles. The fourth-order valence-electron chi connectivity index (χ4n) is 2.11. The zero-order chi connectivity index (χ0) is 13.8. The molecule has 0 unspecified atom stereocenters. The SMILES string of the molecule is CC(C)c1ccccc1NCc1cnn(C(C)C)c1. The van der Waals surface area contributed by atoms with Crippen LogP contribution < -0.4 is 5.32 Å². The zero-order valence-electron chi connectivity index (χ0n) is 12.2. The topological polar surface area (TPSA) is 29.9 Å². The van der Waals surface area contributed by atoms with Crippen LogP contribution in [0.1, 0.15) is 50.8 Å². The lowest BCUT2D eigenvalue weighted by Crippen LogP contribution is -2.03. The summed E-state index contributed by atoms with van der Waals surface area (Å²) in [5, 5.41) is 7.87. The molecule has 0 aliphatic carbocycles. The second-order valence-corrected chi connectivity index (χ2v) is 5.52. The molecule has 0 amide bonds. The molecule has 1 aromatic carbocycles. The van der Waals surface area contributed by atoms with Crippen molar-refractivity contribution in [2.75, 3.05) is 5.32 Å². The van der Waals surface area contributed by atoms with Crippen molar-refractivity contribution in [3.05, 3.63) is 47.8 Å². The highest BCUT2D eigenvalue weighted by Crippen LogP contribution is 2.24. The van der Waals surface area contributed by atoms with Crippen LogP contribution in [0.2, 0.25) is 0 Å². The average Bonchev–Trinajstić information content (AvgIpc) is 2.85. The molecule has 0 aliphatic rings. The van der Waals surface area contributed by atoms with Crippen LogP contribution in [0.15, 0.2) is 36.7 Å². The molecule has 1 heterocycles. The van der Waals surface area contributed by atoms with Crippen molar-refractivity contribution in [2.24, 2.45) is 0 Å². The summed E-state index contributed by atoms with van der Waals surface area (Å²) in [6.45, 7) is 9.53. The van der Waals surface area contributed by atoms with E-state index in [1.54, 1.807) is 0 Å². The smallest absolute Gasteiger partial charge is 0.0539 e. The second kappa shape index (κ2) is 5.91. The summed E-state index contributed by atoms with van der Waals surface area (Å²) >= 11 is 0. The monoisotopic (exact) mass is 257 g/mol. The van der Waals surface area contributed by atoms with Crippen LogP contribution in [0.3, 0.4) is 0 Å². The van der Waals surface area contributed by atoms with Gasteiger partial charge in [0, 0.05) is 30.0 Å². The van der Waals surface area contributed by atoms with Crippen molar-refractivity contribution in [1.29, 1.82) is 0 Å². The number of nitrogens with zero attached hydrogens (tertiary/aromatic N) is 2. The molecule has 102 valence electrons. The normalized spacial score (nSPS) is 11.3. The largest absolute Gasteiger partial charge is 0.381 e. The molecule has 3 heteroatoms.